The van der Waals surface area contributed by atoms with Gasteiger partial charge in [0.25, 0.3) is 0 Å². The van der Waals surface area contributed by atoms with Gasteiger partial charge in [0.1, 0.15) is 5.75 Å². The maximum absolute atomic E-state index is 11.8. The molecule has 0 atom stereocenters. The maximum atomic E-state index is 11.8. The fourth-order valence-corrected chi connectivity index (χ4v) is 1.82. The summed E-state index contributed by atoms with van der Waals surface area (Å²) in [5.74, 6) is 0.657. The molecule has 0 radical (unpaired) electrons. The van der Waals surface area contributed by atoms with Gasteiger partial charge in [0.05, 0.1) is 31.1 Å². The summed E-state index contributed by atoms with van der Waals surface area (Å²) in [5.41, 5.74) is 1.65. The van der Waals surface area contributed by atoms with E-state index in [1.807, 2.05) is 49.4 Å². The van der Waals surface area contributed by atoms with Gasteiger partial charge in [-0.1, -0.05) is 18.2 Å². The van der Waals surface area contributed by atoms with Crippen LogP contribution in [0.15, 0.2) is 48.7 Å². The summed E-state index contributed by atoms with van der Waals surface area (Å²) in [6.45, 7) is 3.13. The monoisotopic (exact) mass is 285 g/mol. The van der Waals surface area contributed by atoms with E-state index in [2.05, 4.69) is 15.6 Å². The number of ether oxygens (including phenoxy) is 1. The van der Waals surface area contributed by atoms with Crippen LogP contribution in [-0.4, -0.2) is 24.0 Å². The first kappa shape index (κ1) is 14.8. The minimum absolute atomic E-state index is 0.0908. The molecule has 0 spiro atoms. The fraction of sp³-hybridized carbons (Fsp3) is 0.250. The smallest absolute Gasteiger partial charge is 0.239 e. The summed E-state index contributed by atoms with van der Waals surface area (Å²) >= 11 is 0. The molecule has 2 rings (SSSR count). The lowest BCUT2D eigenvalue weighted by molar-refractivity contribution is -0.119. The first-order valence-electron chi connectivity index (χ1n) is 6.92. The van der Waals surface area contributed by atoms with Crippen molar-refractivity contribution in [1.82, 2.24) is 10.3 Å². The van der Waals surface area contributed by atoms with Crippen LogP contribution in [-0.2, 0) is 11.3 Å². The van der Waals surface area contributed by atoms with E-state index in [0.717, 1.165) is 17.1 Å². The molecule has 110 valence electrons. The number of carbonyl (C=O) groups excluding carboxylic acids is 1. The van der Waals surface area contributed by atoms with Crippen LogP contribution in [0.3, 0.4) is 0 Å². The number of nitrogens with zero attached hydrogens (tertiary/aromatic N) is 1. The van der Waals surface area contributed by atoms with Gasteiger partial charge in [0, 0.05) is 6.20 Å². The molecule has 1 heterocycles. The first-order chi connectivity index (χ1) is 10.3. The van der Waals surface area contributed by atoms with Crippen molar-refractivity contribution in [2.24, 2.45) is 0 Å². The van der Waals surface area contributed by atoms with Gasteiger partial charge in [0.15, 0.2) is 0 Å². The predicted molar refractivity (Wildman–Crippen MR) is 82.2 cm³/mol. The van der Waals surface area contributed by atoms with E-state index >= 15 is 0 Å². The number of carbonyl (C=O) groups is 1. The molecule has 0 saturated heterocycles. The molecule has 2 aromatic rings. The summed E-state index contributed by atoms with van der Waals surface area (Å²) < 4.78 is 5.49. The second kappa shape index (κ2) is 7.89. The Morgan fingerprint density at radius 1 is 1.19 bits per heavy atom. The van der Waals surface area contributed by atoms with Gasteiger partial charge in [-0.05, 0) is 31.2 Å². The number of hydrogen-bond donors (Lipinski definition) is 2. The van der Waals surface area contributed by atoms with Crippen LogP contribution in [0.5, 0.6) is 5.75 Å². The van der Waals surface area contributed by atoms with Crippen LogP contribution < -0.4 is 15.4 Å². The van der Waals surface area contributed by atoms with Crippen molar-refractivity contribution >= 4 is 11.6 Å². The van der Waals surface area contributed by atoms with E-state index in [-0.39, 0.29) is 12.5 Å². The van der Waals surface area contributed by atoms with E-state index in [0.29, 0.717) is 13.2 Å². The topological polar surface area (TPSA) is 63.2 Å². The Hall–Kier alpha value is -2.56. The Bertz CT molecular complexity index is 573. The molecule has 1 amide bonds. The van der Waals surface area contributed by atoms with Crippen LogP contribution in [0.2, 0.25) is 0 Å². The van der Waals surface area contributed by atoms with Gasteiger partial charge in [-0.3, -0.25) is 9.78 Å². The largest absolute Gasteiger partial charge is 0.492 e. The number of nitrogens with one attached hydrogen (secondary N) is 2. The molecular formula is C16H19N3O2. The Labute approximate surface area is 124 Å². The molecule has 0 aliphatic carbocycles. The quantitative estimate of drug-likeness (QED) is 0.818. The average molecular weight is 285 g/mol. The minimum atomic E-state index is -0.0908. The number of benzene rings is 1. The molecule has 2 N–H and O–H groups in total. The Morgan fingerprint density at radius 2 is 2.00 bits per heavy atom. The minimum Gasteiger partial charge on any atom is -0.492 e. The third-order valence-corrected chi connectivity index (χ3v) is 2.82. The first-order valence-corrected chi connectivity index (χ1v) is 6.92. The van der Waals surface area contributed by atoms with Crippen LogP contribution in [0.4, 0.5) is 5.69 Å². The predicted octanol–water partition coefficient (Wildman–Crippen LogP) is 2.21. The van der Waals surface area contributed by atoms with Crippen molar-refractivity contribution in [3.63, 3.8) is 0 Å². The third-order valence-electron chi connectivity index (χ3n) is 2.82. The van der Waals surface area contributed by atoms with Crippen molar-refractivity contribution in [3.8, 4) is 5.75 Å². The molecule has 0 unspecified atom stereocenters. The van der Waals surface area contributed by atoms with Crippen LogP contribution >= 0.6 is 0 Å². The highest BCUT2D eigenvalue weighted by Crippen LogP contribution is 2.23. The van der Waals surface area contributed by atoms with E-state index in [1.165, 1.54) is 0 Å². The highest BCUT2D eigenvalue weighted by Gasteiger charge is 2.05. The highest BCUT2D eigenvalue weighted by atomic mass is 16.5. The van der Waals surface area contributed by atoms with E-state index in [9.17, 15) is 4.79 Å². The molecule has 1 aromatic carbocycles. The van der Waals surface area contributed by atoms with Crippen LogP contribution in [0, 0.1) is 0 Å². The van der Waals surface area contributed by atoms with Crippen molar-refractivity contribution in [2.45, 2.75) is 13.5 Å². The SMILES string of the molecule is CCOc1ccccc1NCC(=O)NCc1ccccn1. The Balaban J connectivity index is 1.81. The summed E-state index contributed by atoms with van der Waals surface area (Å²) in [6, 6.07) is 13.2. The average Bonchev–Trinajstić information content (AvgIpc) is 2.53. The Morgan fingerprint density at radius 3 is 2.76 bits per heavy atom. The summed E-state index contributed by atoms with van der Waals surface area (Å²) in [4.78, 5) is 16.0. The molecular weight excluding hydrogens is 266 g/mol. The van der Waals surface area contributed by atoms with E-state index in [1.54, 1.807) is 6.20 Å². The van der Waals surface area contributed by atoms with Gasteiger partial charge in [0.2, 0.25) is 5.91 Å². The lowest BCUT2D eigenvalue weighted by Crippen LogP contribution is -2.29. The molecule has 0 saturated carbocycles. The van der Waals surface area contributed by atoms with Crippen molar-refractivity contribution < 1.29 is 9.53 Å². The highest BCUT2D eigenvalue weighted by molar-refractivity contribution is 5.81. The second-order valence-corrected chi connectivity index (χ2v) is 4.38. The van der Waals surface area contributed by atoms with Crippen molar-refractivity contribution in [3.05, 3.63) is 54.4 Å². The van der Waals surface area contributed by atoms with Gasteiger partial charge >= 0.3 is 0 Å². The number of hydrogen-bond acceptors (Lipinski definition) is 4. The third kappa shape index (κ3) is 4.80. The molecule has 0 fully saturated rings. The Kier molecular flexibility index (Phi) is 5.58. The lowest BCUT2D eigenvalue weighted by atomic mass is 10.3. The zero-order valence-corrected chi connectivity index (χ0v) is 12.0. The zero-order valence-electron chi connectivity index (χ0n) is 12.0. The van der Waals surface area contributed by atoms with E-state index in [4.69, 9.17) is 4.74 Å². The van der Waals surface area contributed by atoms with Gasteiger partial charge in [-0.15, -0.1) is 0 Å². The number of pyridine rings is 1. The summed E-state index contributed by atoms with van der Waals surface area (Å²) in [7, 11) is 0. The number of rotatable bonds is 7. The van der Waals surface area contributed by atoms with Gasteiger partial charge in [-0.2, -0.15) is 0 Å². The molecule has 5 heteroatoms. The zero-order chi connectivity index (χ0) is 14.9. The number of para-hydroxylation sites is 2. The fourth-order valence-electron chi connectivity index (χ4n) is 1.82. The van der Waals surface area contributed by atoms with Crippen molar-refractivity contribution in [1.29, 1.82) is 0 Å². The molecule has 21 heavy (non-hydrogen) atoms. The normalized spacial score (nSPS) is 9.95. The van der Waals surface area contributed by atoms with Gasteiger partial charge in [-0.25, -0.2) is 0 Å². The second-order valence-electron chi connectivity index (χ2n) is 4.38. The molecule has 0 aliphatic heterocycles. The summed E-state index contributed by atoms with van der Waals surface area (Å²) in [6.07, 6.45) is 1.71. The van der Waals surface area contributed by atoms with Gasteiger partial charge < -0.3 is 15.4 Å². The molecule has 0 aliphatic rings. The number of anilines is 1. The van der Waals surface area contributed by atoms with E-state index < -0.39 is 0 Å². The molecule has 5 nitrogen and oxygen atoms in total. The number of aromatic nitrogens is 1. The lowest BCUT2D eigenvalue weighted by Gasteiger charge is -2.12. The number of amides is 1. The molecule has 1 aromatic heterocycles. The van der Waals surface area contributed by atoms with Crippen LogP contribution in [0.1, 0.15) is 12.6 Å². The standard InChI is InChI=1S/C16H19N3O2/c1-2-21-15-9-4-3-8-14(15)18-12-16(20)19-11-13-7-5-6-10-17-13/h3-10,18H,2,11-12H2,1H3,(H,19,20). The molecule has 0 bridgehead atoms. The van der Waals surface area contributed by atoms with Crippen molar-refractivity contribution in [2.75, 3.05) is 18.5 Å². The van der Waals surface area contributed by atoms with Crippen LogP contribution in [0.25, 0.3) is 0 Å². The summed E-state index contributed by atoms with van der Waals surface area (Å²) in [5, 5.41) is 5.89. The maximum Gasteiger partial charge on any atom is 0.239 e.